The standard InChI is InChI=1S/C20H18ClN5O2/c21-16-3-1-4-17(10-16)25-13-15(9-19(25)27)20(28)23-12-14-5-6-18(22-11-14)26-8-2-7-24-26/h1-8,10-11,15H,9,12-13H2,(H,23,28)/t15-/m1/s1. The average molecular weight is 396 g/mol. The van der Waals surface area contributed by atoms with E-state index in [1.54, 1.807) is 40.2 Å². The number of pyridine rings is 1. The highest BCUT2D eigenvalue weighted by Crippen LogP contribution is 2.27. The van der Waals surface area contributed by atoms with Crippen LogP contribution in [0.4, 0.5) is 5.69 Å². The van der Waals surface area contributed by atoms with Gasteiger partial charge in [0.1, 0.15) is 0 Å². The third-order valence-electron chi connectivity index (χ3n) is 4.63. The van der Waals surface area contributed by atoms with Gasteiger partial charge in [0.15, 0.2) is 5.82 Å². The second-order valence-corrected chi connectivity index (χ2v) is 7.01. The molecule has 3 heterocycles. The van der Waals surface area contributed by atoms with Crippen molar-refractivity contribution in [2.45, 2.75) is 13.0 Å². The van der Waals surface area contributed by atoms with Crippen LogP contribution < -0.4 is 10.2 Å². The zero-order valence-corrected chi connectivity index (χ0v) is 15.7. The molecule has 0 saturated carbocycles. The summed E-state index contributed by atoms with van der Waals surface area (Å²) in [6.45, 7) is 0.703. The lowest BCUT2D eigenvalue weighted by molar-refractivity contribution is -0.126. The van der Waals surface area contributed by atoms with Crippen LogP contribution in [-0.4, -0.2) is 33.1 Å². The van der Waals surface area contributed by atoms with Gasteiger partial charge in [-0.05, 0) is 35.9 Å². The van der Waals surface area contributed by atoms with Gasteiger partial charge in [0.05, 0.1) is 5.92 Å². The Labute approximate surface area is 166 Å². The molecule has 1 saturated heterocycles. The summed E-state index contributed by atoms with van der Waals surface area (Å²) in [7, 11) is 0. The second kappa shape index (κ2) is 7.82. The van der Waals surface area contributed by atoms with Gasteiger partial charge in [-0.25, -0.2) is 9.67 Å². The van der Waals surface area contributed by atoms with Gasteiger partial charge in [-0.3, -0.25) is 9.59 Å². The van der Waals surface area contributed by atoms with Crippen LogP contribution >= 0.6 is 11.6 Å². The van der Waals surface area contributed by atoms with Crippen molar-refractivity contribution in [2.75, 3.05) is 11.4 Å². The first kappa shape index (κ1) is 18.2. The first-order valence-corrected chi connectivity index (χ1v) is 9.26. The van der Waals surface area contributed by atoms with Gasteiger partial charge in [0, 0.05) is 48.8 Å². The summed E-state index contributed by atoms with van der Waals surface area (Å²) < 4.78 is 1.66. The normalized spacial score (nSPS) is 16.4. The van der Waals surface area contributed by atoms with Crippen LogP contribution in [0.3, 0.4) is 0 Å². The Balaban J connectivity index is 1.35. The smallest absolute Gasteiger partial charge is 0.227 e. The van der Waals surface area contributed by atoms with Gasteiger partial charge >= 0.3 is 0 Å². The summed E-state index contributed by atoms with van der Waals surface area (Å²) in [5.74, 6) is 0.100. The van der Waals surface area contributed by atoms with Gasteiger partial charge in [-0.15, -0.1) is 0 Å². The minimum Gasteiger partial charge on any atom is -0.352 e. The molecule has 0 radical (unpaired) electrons. The topological polar surface area (TPSA) is 80.1 Å². The predicted octanol–water partition coefficient (Wildman–Crippen LogP) is 2.59. The first-order chi connectivity index (χ1) is 13.6. The number of hydrogen-bond donors (Lipinski definition) is 1. The molecule has 28 heavy (non-hydrogen) atoms. The SMILES string of the molecule is O=C(NCc1ccc(-n2cccn2)nc1)[C@@H]1CC(=O)N(c2cccc(Cl)c2)C1. The van der Waals surface area contributed by atoms with Crippen LogP contribution in [0.1, 0.15) is 12.0 Å². The molecule has 1 N–H and O–H groups in total. The van der Waals surface area contributed by atoms with Crippen molar-refractivity contribution in [3.63, 3.8) is 0 Å². The summed E-state index contributed by atoms with van der Waals surface area (Å²) in [6, 6.07) is 12.6. The van der Waals surface area contributed by atoms with E-state index in [9.17, 15) is 9.59 Å². The molecular formula is C20H18ClN5O2. The largest absolute Gasteiger partial charge is 0.352 e. The molecular weight excluding hydrogens is 378 g/mol. The number of amides is 2. The molecule has 1 aromatic carbocycles. The number of carbonyl (C=O) groups excluding carboxylic acids is 2. The lowest BCUT2D eigenvalue weighted by Crippen LogP contribution is -2.32. The third kappa shape index (κ3) is 3.89. The van der Waals surface area contributed by atoms with Crippen LogP contribution in [0.5, 0.6) is 0 Å². The van der Waals surface area contributed by atoms with Gasteiger partial charge in [-0.1, -0.05) is 23.7 Å². The number of rotatable bonds is 5. The van der Waals surface area contributed by atoms with Crippen molar-refractivity contribution in [3.05, 3.63) is 71.6 Å². The zero-order valence-electron chi connectivity index (χ0n) is 15.0. The predicted molar refractivity (Wildman–Crippen MR) is 105 cm³/mol. The quantitative estimate of drug-likeness (QED) is 0.720. The van der Waals surface area contributed by atoms with Crippen molar-refractivity contribution in [2.24, 2.45) is 5.92 Å². The molecule has 2 aromatic heterocycles. The summed E-state index contributed by atoms with van der Waals surface area (Å²) in [4.78, 5) is 30.8. The van der Waals surface area contributed by atoms with Gasteiger partial charge in [0.2, 0.25) is 11.8 Å². The van der Waals surface area contributed by atoms with Crippen LogP contribution in [0.15, 0.2) is 61.1 Å². The number of nitrogens with one attached hydrogen (secondary N) is 1. The fraction of sp³-hybridized carbons (Fsp3) is 0.200. The average Bonchev–Trinajstić information content (AvgIpc) is 3.36. The molecule has 0 aliphatic carbocycles. The number of hydrogen-bond acceptors (Lipinski definition) is 4. The molecule has 2 amide bonds. The van der Waals surface area contributed by atoms with Crippen LogP contribution in [-0.2, 0) is 16.1 Å². The molecule has 7 nitrogen and oxygen atoms in total. The molecule has 8 heteroatoms. The maximum Gasteiger partial charge on any atom is 0.227 e. The van der Waals surface area contributed by atoms with E-state index in [1.807, 2.05) is 30.5 Å². The minimum atomic E-state index is -0.386. The number of carbonyl (C=O) groups is 2. The molecule has 0 unspecified atom stereocenters. The number of benzene rings is 1. The van der Waals surface area contributed by atoms with E-state index < -0.39 is 0 Å². The third-order valence-corrected chi connectivity index (χ3v) is 4.87. The monoisotopic (exact) mass is 395 g/mol. The molecule has 142 valence electrons. The van der Waals surface area contributed by atoms with Crippen LogP contribution in [0, 0.1) is 5.92 Å². The zero-order chi connectivity index (χ0) is 19.5. The number of aromatic nitrogens is 3. The van der Waals surface area contributed by atoms with Crippen molar-refractivity contribution in [1.29, 1.82) is 0 Å². The van der Waals surface area contributed by atoms with Crippen molar-refractivity contribution < 1.29 is 9.59 Å². The Hall–Kier alpha value is -3.19. The van der Waals surface area contributed by atoms with E-state index in [4.69, 9.17) is 11.6 Å². The first-order valence-electron chi connectivity index (χ1n) is 8.89. The fourth-order valence-corrected chi connectivity index (χ4v) is 3.36. The highest BCUT2D eigenvalue weighted by Gasteiger charge is 2.35. The highest BCUT2D eigenvalue weighted by molar-refractivity contribution is 6.31. The van der Waals surface area contributed by atoms with Crippen molar-refractivity contribution >= 4 is 29.1 Å². The van der Waals surface area contributed by atoms with E-state index in [0.717, 1.165) is 5.56 Å². The van der Waals surface area contributed by atoms with Crippen LogP contribution in [0.25, 0.3) is 5.82 Å². The molecule has 0 bridgehead atoms. The highest BCUT2D eigenvalue weighted by atomic mass is 35.5. The Morgan fingerprint density at radius 2 is 2.14 bits per heavy atom. The van der Waals surface area contributed by atoms with Crippen molar-refractivity contribution in [1.82, 2.24) is 20.1 Å². The molecule has 1 fully saturated rings. The number of nitrogens with zero attached hydrogens (tertiary/aromatic N) is 4. The number of anilines is 1. The molecule has 0 spiro atoms. The van der Waals surface area contributed by atoms with E-state index in [-0.39, 0.29) is 24.2 Å². The molecule has 1 aliphatic rings. The maximum absolute atomic E-state index is 12.5. The lowest BCUT2D eigenvalue weighted by atomic mass is 10.1. The molecule has 3 aromatic rings. The van der Waals surface area contributed by atoms with E-state index in [2.05, 4.69) is 15.4 Å². The van der Waals surface area contributed by atoms with Gasteiger partial charge in [-0.2, -0.15) is 5.10 Å². The molecule has 1 aliphatic heterocycles. The second-order valence-electron chi connectivity index (χ2n) is 6.58. The molecule has 4 rings (SSSR count). The maximum atomic E-state index is 12.5. The Kier molecular flexibility index (Phi) is 5.08. The van der Waals surface area contributed by atoms with E-state index in [0.29, 0.717) is 29.6 Å². The Morgan fingerprint density at radius 3 is 2.86 bits per heavy atom. The van der Waals surface area contributed by atoms with E-state index in [1.165, 1.54) is 0 Å². The summed E-state index contributed by atoms with van der Waals surface area (Å²) in [6.07, 6.45) is 5.39. The summed E-state index contributed by atoms with van der Waals surface area (Å²) >= 11 is 6.00. The summed E-state index contributed by atoms with van der Waals surface area (Å²) in [5, 5.41) is 7.58. The Morgan fingerprint density at radius 1 is 1.25 bits per heavy atom. The summed E-state index contributed by atoms with van der Waals surface area (Å²) in [5.41, 5.74) is 1.59. The number of halogens is 1. The molecule has 1 atom stereocenters. The fourth-order valence-electron chi connectivity index (χ4n) is 3.17. The Bertz CT molecular complexity index is 988. The van der Waals surface area contributed by atoms with E-state index >= 15 is 0 Å². The van der Waals surface area contributed by atoms with Gasteiger partial charge < -0.3 is 10.2 Å². The van der Waals surface area contributed by atoms with Gasteiger partial charge in [0.25, 0.3) is 0 Å². The minimum absolute atomic E-state index is 0.0762. The van der Waals surface area contributed by atoms with Crippen LogP contribution in [0.2, 0.25) is 5.02 Å². The lowest BCUT2D eigenvalue weighted by Gasteiger charge is -2.17. The van der Waals surface area contributed by atoms with Crippen molar-refractivity contribution in [3.8, 4) is 5.82 Å².